The smallest absolute Gasteiger partial charge is 0.185 e. The normalized spacial score (nSPS) is 9.77. The highest BCUT2D eigenvalue weighted by atomic mass is 35.5. The molecule has 0 radical (unpaired) electrons. The molecule has 0 spiro atoms. The Bertz CT molecular complexity index is 328. The van der Waals surface area contributed by atoms with Gasteiger partial charge in [-0.25, -0.2) is 0 Å². The van der Waals surface area contributed by atoms with Crippen LogP contribution in [-0.4, -0.2) is 19.3 Å². The zero-order valence-electron chi connectivity index (χ0n) is 7.30. The van der Waals surface area contributed by atoms with E-state index < -0.39 is 0 Å². The lowest BCUT2D eigenvalue weighted by Gasteiger charge is -2.11. The second-order valence-corrected chi connectivity index (χ2v) is 2.74. The summed E-state index contributed by atoms with van der Waals surface area (Å²) in [5.41, 5.74) is 5.83. The van der Waals surface area contributed by atoms with Crippen molar-refractivity contribution in [1.29, 1.82) is 0 Å². The molecule has 0 unspecified atom stereocenters. The van der Waals surface area contributed by atoms with Gasteiger partial charge in [0.05, 0.1) is 19.9 Å². The molecule has 1 aromatic rings. The zero-order chi connectivity index (χ0) is 10.0. The summed E-state index contributed by atoms with van der Waals surface area (Å²) in [4.78, 5) is 0. The van der Waals surface area contributed by atoms with Crippen molar-refractivity contribution in [3.8, 4) is 17.2 Å². The van der Waals surface area contributed by atoms with Crippen molar-refractivity contribution >= 4 is 17.3 Å². The van der Waals surface area contributed by atoms with Gasteiger partial charge in [-0.05, 0) is 0 Å². The molecule has 0 aliphatic heterocycles. The summed E-state index contributed by atoms with van der Waals surface area (Å²) in [7, 11) is 2.83. The van der Waals surface area contributed by atoms with Gasteiger partial charge >= 0.3 is 0 Å². The number of hydrogen-bond acceptors (Lipinski definition) is 4. The minimum Gasteiger partial charge on any atom is -0.503 e. The summed E-state index contributed by atoms with van der Waals surface area (Å²) in [5, 5.41) is 9.56. The Morgan fingerprint density at radius 1 is 1.38 bits per heavy atom. The van der Waals surface area contributed by atoms with E-state index in [2.05, 4.69) is 0 Å². The molecule has 0 aromatic heterocycles. The van der Waals surface area contributed by atoms with E-state index in [1.54, 1.807) is 0 Å². The maximum Gasteiger partial charge on any atom is 0.185 e. The second kappa shape index (κ2) is 3.62. The minimum atomic E-state index is -0.207. The number of halogens is 1. The number of methoxy groups -OCH3 is 2. The van der Waals surface area contributed by atoms with Crippen LogP contribution in [0.3, 0.4) is 0 Å². The first-order chi connectivity index (χ1) is 6.11. The Morgan fingerprint density at radius 3 is 2.46 bits per heavy atom. The number of nitrogens with two attached hydrogens (primary N) is 1. The largest absolute Gasteiger partial charge is 0.503 e. The topological polar surface area (TPSA) is 64.7 Å². The first-order valence-electron chi connectivity index (χ1n) is 3.50. The van der Waals surface area contributed by atoms with Crippen molar-refractivity contribution in [3.05, 3.63) is 11.1 Å². The highest BCUT2D eigenvalue weighted by molar-refractivity contribution is 6.34. The van der Waals surface area contributed by atoms with Crippen molar-refractivity contribution in [1.82, 2.24) is 0 Å². The van der Waals surface area contributed by atoms with Crippen LogP contribution >= 0.6 is 11.6 Å². The van der Waals surface area contributed by atoms with E-state index in [9.17, 15) is 5.11 Å². The van der Waals surface area contributed by atoms with Crippen LogP contribution in [0.5, 0.6) is 17.2 Å². The number of benzene rings is 1. The first-order valence-corrected chi connectivity index (χ1v) is 3.88. The summed E-state index contributed by atoms with van der Waals surface area (Å²) < 4.78 is 9.72. The molecule has 0 saturated carbocycles. The maximum atomic E-state index is 9.47. The quantitative estimate of drug-likeness (QED) is 0.718. The third kappa shape index (κ3) is 1.58. The average Bonchev–Trinajstić information content (AvgIpc) is 2.12. The van der Waals surface area contributed by atoms with Crippen molar-refractivity contribution in [3.63, 3.8) is 0 Å². The Morgan fingerprint density at radius 2 is 2.00 bits per heavy atom. The predicted octanol–water partition coefficient (Wildman–Crippen LogP) is 1.64. The molecule has 0 fully saturated rings. The number of phenolic OH excluding ortho intramolecular Hbond substituents is 1. The van der Waals surface area contributed by atoms with Crippen LogP contribution in [0, 0.1) is 0 Å². The molecule has 0 saturated heterocycles. The van der Waals surface area contributed by atoms with Crippen LogP contribution in [0.15, 0.2) is 6.07 Å². The van der Waals surface area contributed by atoms with Crippen LogP contribution in [0.1, 0.15) is 0 Å². The van der Waals surface area contributed by atoms with Gasteiger partial charge in [0.15, 0.2) is 11.5 Å². The van der Waals surface area contributed by atoms with Crippen molar-refractivity contribution < 1.29 is 14.6 Å². The van der Waals surface area contributed by atoms with Gasteiger partial charge in [-0.1, -0.05) is 11.6 Å². The Hall–Kier alpha value is -1.29. The molecule has 5 heteroatoms. The molecule has 0 heterocycles. The van der Waals surface area contributed by atoms with E-state index in [4.69, 9.17) is 26.8 Å². The Balaban J connectivity index is 3.37. The van der Waals surface area contributed by atoms with Crippen LogP contribution in [0.2, 0.25) is 5.02 Å². The third-order valence-electron chi connectivity index (χ3n) is 1.61. The molecule has 4 nitrogen and oxygen atoms in total. The number of nitrogen functional groups attached to an aromatic ring is 1. The van der Waals surface area contributed by atoms with E-state index in [0.29, 0.717) is 5.75 Å². The molecule has 0 amide bonds. The predicted molar refractivity (Wildman–Crippen MR) is 50.6 cm³/mol. The van der Waals surface area contributed by atoms with Gasteiger partial charge in [0.25, 0.3) is 0 Å². The molecule has 1 aromatic carbocycles. The average molecular weight is 204 g/mol. The van der Waals surface area contributed by atoms with Gasteiger partial charge in [-0.2, -0.15) is 0 Å². The molecular weight excluding hydrogens is 194 g/mol. The summed E-state index contributed by atoms with van der Waals surface area (Å²) in [6, 6.07) is 1.49. The summed E-state index contributed by atoms with van der Waals surface area (Å²) >= 11 is 5.74. The minimum absolute atomic E-state index is 0.0913. The Kier molecular flexibility index (Phi) is 2.72. The molecule has 72 valence electrons. The molecular formula is C8H10ClNO3. The second-order valence-electron chi connectivity index (χ2n) is 2.36. The molecule has 0 atom stereocenters. The number of rotatable bonds is 2. The highest BCUT2D eigenvalue weighted by Gasteiger charge is 2.15. The van der Waals surface area contributed by atoms with Gasteiger partial charge in [-0.3, -0.25) is 0 Å². The Labute approximate surface area is 80.8 Å². The van der Waals surface area contributed by atoms with Gasteiger partial charge in [-0.15, -0.1) is 0 Å². The van der Waals surface area contributed by atoms with Crippen molar-refractivity contribution in [2.24, 2.45) is 0 Å². The summed E-state index contributed by atoms with van der Waals surface area (Å²) in [6.45, 7) is 0. The van der Waals surface area contributed by atoms with Crippen LogP contribution < -0.4 is 15.2 Å². The lowest BCUT2D eigenvalue weighted by Crippen LogP contribution is -1.95. The number of anilines is 1. The molecule has 3 N–H and O–H groups in total. The third-order valence-corrected chi connectivity index (χ3v) is 1.98. The van der Waals surface area contributed by atoms with Gasteiger partial charge in [0, 0.05) is 6.07 Å². The fraction of sp³-hybridized carbons (Fsp3) is 0.250. The lowest BCUT2D eigenvalue weighted by atomic mass is 10.2. The molecule has 13 heavy (non-hydrogen) atoms. The monoisotopic (exact) mass is 203 g/mol. The number of ether oxygens (including phenoxy) is 2. The van der Waals surface area contributed by atoms with Gasteiger partial charge in [0.2, 0.25) is 0 Å². The van der Waals surface area contributed by atoms with Crippen molar-refractivity contribution in [2.75, 3.05) is 20.0 Å². The van der Waals surface area contributed by atoms with E-state index in [1.165, 1.54) is 20.3 Å². The van der Waals surface area contributed by atoms with E-state index >= 15 is 0 Å². The zero-order valence-corrected chi connectivity index (χ0v) is 8.05. The molecule has 1 rings (SSSR count). The van der Waals surface area contributed by atoms with E-state index in [-0.39, 0.29) is 22.2 Å². The van der Waals surface area contributed by atoms with Crippen LogP contribution in [-0.2, 0) is 0 Å². The highest BCUT2D eigenvalue weighted by Crippen LogP contribution is 2.44. The maximum absolute atomic E-state index is 9.47. The van der Waals surface area contributed by atoms with Crippen LogP contribution in [0.25, 0.3) is 0 Å². The van der Waals surface area contributed by atoms with Gasteiger partial charge in [0.1, 0.15) is 10.8 Å². The molecule has 0 bridgehead atoms. The van der Waals surface area contributed by atoms with Crippen LogP contribution in [0.4, 0.5) is 5.69 Å². The standard InChI is InChI=1S/C8H10ClNO3/c1-12-5-3-4(10)8(13-2)7(11)6(5)9/h3,11H,10H2,1-2H3. The van der Waals surface area contributed by atoms with E-state index in [0.717, 1.165) is 0 Å². The number of hydrogen-bond donors (Lipinski definition) is 2. The molecule has 0 aliphatic carbocycles. The molecule has 0 aliphatic rings. The van der Waals surface area contributed by atoms with E-state index in [1.807, 2.05) is 0 Å². The fourth-order valence-electron chi connectivity index (χ4n) is 0.986. The first kappa shape index (κ1) is 9.80. The number of phenols is 1. The lowest BCUT2D eigenvalue weighted by molar-refractivity contribution is 0.368. The fourth-order valence-corrected chi connectivity index (χ4v) is 1.20. The summed E-state index contributed by atoms with van der Waals surface area (Å²) in [5.74, 6) is 0.268. The van der Waals surface area contributed by atoms with Gasteiger partial charge < -0.3 is 20.3 Å². The SMILES string of the molecule is COc1cc(N)c(OC)c(O)c1Cl. The number of aromatic hydroxyl groups is 1. The summed E-state index contributed by atoms with van der Waals surface area (Å²) in [6.07, 6.45) is 0. The van der Waals surface area contributed by atoms with Crippen molar-refractivity contribution in [2.45, 2.75) is 0 Å².